The zero-order valence-corrected chi connectivity index (χ0v) is 15.0. The lowest BCUT2D eigenvalue weighted by Crippen LogP contribution is -2.29. The van der Waals surface area contributed by atoms with E-state index in [-0.39, 0.29) is 5.91 Å². The van der Waals surface area contributed by atoms with E-state index in [0.29, 0.717) is 25.5 Å². The Kier molecular flexibility index (Phi) is 6.57. The Hall–Kier alpha value is -1.18. The molecule has 0 radical (unpaired) electrons. The quantitative estimate of drug-likeness (QED) is 0.420. The fourth-order valence-corrected chi connectivity index (χ4v) is 2.56. The van der Waals surface area contributed by atoms with Crippen LogP contribution in [0.5, 0.6) is 0 Å². The van der Waals surface area contributed by atoms with Crippen molar-refractivity contribution in [2.24, 2.45) is 0 Å². The molecular weight excluding hydrogens is 286 g/mol. The number of aryl methyl sites for hydroxylation is 1. The van der Waals surface area contributed by atoms with Gasteiger partial charge in [0.05, 0.1) is 19.1 Å². The van der Waals surface area contributed by atoms with Gasteiger partial charge in [0.2, 0.25) is 0 Å². The molecule has 0 spiro atoms. The predicted molar refractivity (Wildman–Crippen MR) is 84.8 cm³/mol. The van der Waals surface area contributed by atoms with Crippen molar-refractivity contribution in [1.82, 2.24) is 14.6 Å². The van der Waals surface area contributed by atoms with E-state index < -0.39 is 8.07 Å². The minimum atomic E-state index is -1.10. The van der Waals surface area contributed by atoms with Crippen molar-refractivity contribution in [2.75, 3.05) is 20.8 Å². The third kappa shape index (κ3) is 5.26. The topological polar surface area (TPSA) is 56.6 Å². The van der Waals surface area contributed by atoms with Crippen molar-refractivity contribution in [2.45, 2.75) is 45.8 Å². The average molecular weight is 313 g/mol. The Morgan fingerprint density at radius 2 is 2.10 bits per heavy atom. The molecule has 6 nitrogen and oxygen atoms in total. The number of hydrogen-bond acceptors (Lipinski definition) is 4. The number of rotatable bonds is 8. The molecule has 0 atom stereocenters. The van der Waals surface area contributed by atoms with Crippen LogP contribution < -0.4 is 0 Å². The van der Waals surface area contributed by atoms with E-state index in [4.69, 9.17) is 9.57 Å². The SMILES string of the molecule is CCc1ncn(COCC[Si](C)(C)C)c1C(=O)N(C)OC. The Balaban J connectivity index is 2.74. The van der Waals surface area contributed by atoms with Crippen molar-refractivity contribution in [1.29, 1.82) is 0 Å². The molecule has 1 heterocycles. The lowest BCUT2D eigenvalue weighted by atomic mass is 10.2. The fourth-order valence-electron chi connectivity index (χ4n) is 1.80. The third-order valence-corrected chi connectivity index (χ3v) is 4.94. The van der Waals surface area contributed by atoms with E-state index in [1.165, 1.54) is 12.2 Å². The highest BCUT2D eigenvalue weighted by Gasteiger charge is 2.21. The van der Waals surface area contributed by atoms with Gasteiger partial charge in [-0.2, -0.15) is 0 Å². The van der Waals surface area contributed by atoms with Crippen molar-refractivity contribution in [3.05, 3.63) is 17.7 Å². The predicted octanol–water partition coefficient (Wildman–Crippen LogP) is 2.39. The molecular formula is C14H27N3O3Si. The maximum Gasteiger partial charge on any atom is 0.295 e. The Morgan fingerprint density at radius 1 is 1.43 bits per heavy atom. The zero-order chi connectivity index (χ0) is 16.0. The molecule has 120 valence electrons. The molecule has 21 heavy (non-hydrogen) atoms. The number of hydroxylamine groups is 2. The van der Waals surface area contributed by atoms with E-state index in [9.17, 15) is 4.79 Å². The summed E-state index contributed by atoms with van der Waals surface area (Å²) in [6.07, 6.45) is 2.35. The van der Waals surface area contributed by atoms with Gasteiger partial charge in [-0.3, -0.25) is 9.63 Å². The first-order valence-electron chi connectivity index (χ1n) is 7.24. The van der Waals surface area contributed by atoms with Crippen LogP contribution in [0.25, 0.3) is 0 Å². The monoisotopic (exact) mass is 313 g/mol. The van der Waals surface area contributed by atoms with Gasteiger partial charge in [0.15, 0.2) is 0 Å². The Morgan fingerprint density at radius 3 is 2.62 bits per heavy atom. The molecule has 0 bridgehead atoms. The summed E-state index contributed by atoms with van der Waals surface area (Å²) in [7, 11) is 1.95. The molecule has 0 unspecified atom stereocenters. The van der Waals surface area contributed by atoms with Gasteiger partial charge in [0.1, 0.15) is 12.4 Å². The Labute approximate surface area is 128 Å². The third-order valence-electron chi connectivity index (χ3n) is 3.24. The maximum absolute atomic E-state index is 12.3. The molecule has 0 aliphatic heterocycles. The van der Waals surface area contributed by atoms with Crippen LogP contribution in [0, 0.1) is 0 Å². The molecule has 0 saturated heterocycles. The molecule has 1 amide bonds. The standard InChI is InChI=1S/C14H27N3O3Si/c1-7-12-13(14(18)16(2)19-3)17(10-15-12)11-20-8-9-21(4,5)6/h10H,7-9,11H2,1-6H3. The highest BCUT2D eigenvalue weighted by Crippen LogP contribution is 2.13. The fraction of sp³-hybridized carbons (Fsp3) is 0.714. The van der Waals surface area contributed by atoms with Crippen molar-refractivity contribution in [3.8, 4) is 0 Å². The van der Waals surface area contributed by atoms with Gasteiger partial charge in [0, 0.05) is 21.7 Å². The summed E-state index contributed by atoms with van der Waals surface area (Å²) in [6.45, 7) is 9.96. The van der Waals surface area contributed by atoms with Crippen LogP contribution in [0.3, 0.4) is 0 Å². The molecule has 0 aliphatic carbocycles. The van der Waals surface area contributed by atoms with Crippen LogP contribution >= 0.6 is 0 Å². The number of carbonyl (C=O) groups excluding carboxylic acids is 1. The summed E-state index contributed by atoms with van der Waals surface area (Å²) < 4.78 is 7.45. The second-order valence-corrected chi connectivity index (χ2v) is 11.8. The molecule has 1 aromatic heterocycles. The van der Waals surface area contributed by atoms with Crippen LogP contribution in [-0.4, -0.2) is 49.4 Å². The van der Waals surface area contributed by atoms with Gasteiger partial charge in [-0.05, 0) is 12.5 Å². The van der Waals surface area contributed by atoms with Crippen LogP contribution in [0.15, 0.2) is 6.33 Å². The number of imidazole rings is 1. The number of ether oxygens (including phenoxy) is 1. The van der Waals surface area contributed by atoms with Crippen LogP contribution in [0.1, 0.15) is 23.1 Å². The van der Waals surface area contributed by atoms with Gasteiger partial charge in [0.25, 0.3) is 5.91 Å². The minimum absolute atomic E-state index is 0.208. The Bertz CT molecular complexity index is 469. The average Bonchev–Trinajstić information content (AvgIpc) is 2.83. The lowest BCUT2D eigenvalue weighted by Gasteiger charge is -2.18. The van der Waals surface area contributed by atoms with Gasteiger partial charge in [-0.15, -0.1) is 0 Å². The molecule has 0 aromatic carbocycles. The lowest BCUT2D eigenvalue weighted by molar-refractivity contribution is -0.0767. The van der Waals surface area contributed by atoms with Gasteiger partial charge < -0.3 is 9.30 Å². The van der Waals surface area contributed by atoms with E-state index in [2.05, 4.69) is 24.6 Å². The molecule has 0 fully saturated rings. The highest BCUT2D eigenvalue weighted by atomic mass is 28.3. The molecule has 1 aromatic rings. The molecule has 0 aliphatic rings. The number of hydrogen-bond donors (Lipinski definition) is 0. The van der Waals surface area contributed by atoms with E-state index in [1.807, 2.05) is 6.92 Å². The number of carbonyl (C=O) groups is 1. The summed E-state index contributed by atoms with van der Waals surface area (Å²) in [5, 5.41) is 1.20. The first-order chi connectivity index (χ1) is 9.80. The normalized spacial score (nSPS) is 11.7. The maximum atomic E-state index is 12.3. The van der Waals surface area contributed by atoms with Gasteiger partial charge in [-0.25, -0.2) is 10.0 Å². The summed E-state index contributed by atoms with van der Waals surface area (Å²) >= 11 is 0. The summed E-state index contributed by atoms with van der Waals surface area (Å²) in [4.78, 5) is 21.6. The highest BCUT2D eigenvalue weighted by molar-refractivity contribution is 6.76. The smallest absolute Gasteiger partial charge is 0.295 e. The van der Waals surface area contributed by atoms with Gasteiger partial charge in [-0.1, -0.05) is 26.6 Å². The van der Waals surface area contributed by atoms with Crippen molar-refractivity contribution in [3.63, 3.8) is 0 Å². The second-order valence-electron chi connectivity index (χ2n) is 6.20. The molecule has 1 rings (SSSR count). The minimum Gasteiger partial charge on any atom is -0.361 e. The largest absolute Gasteiger partial charge is 0.361 e. The van der Waals surface area contributed by atoms with Crippen molar-refractivity contribution < 1.29 is 14.4 Å². The molecule has 7 heteroatoms. The molecule has 0 N–H and O–H groups in total. The number of aromatic nitrogens is 2. The van der Waals surface area contributed by atoms with Crippen LogP contribution in [-0.2, 0) is 22.7 Å². The van der Waals surface area contributed by atoms with E-state index >= 15 is 0 Å². The summed E-state index contributed by atoms with van der Waals surface area (Å²) in [5.41, 5.74) is 1.30. The molecule has 0 saturated carbocycles. The van der Waals surface area contributed by atoms with Gasteiger partial charge >= 0.3 is 0 Å². The van der Waals surface area contributed by atoms with Crippen LogP contribution in [0.2, 0.25) is 25.7 Å². The second kappa shape index (κ2) is 7.72. The first-order valence-corrected chi connectivity index (χ1v) is 10.9. The van der Waals surface area contributed by atoms with E-state index in [1.54, 1.807) is 17.9 Å². The van der Waals surface area contributed by atoms with Crippen molar-refractivity contribution >= 4 is 14.0 Å². The summed E-state index contributed by atoms with van der Waals surface area (Å²) in [6, 6.07) is 1.10. The number of nitrogens with zero attached hydrogens (tertiary/aromatic N) is 3. The number of amides is 1. The van der Waals surface area contributed by atoms with E-state index in [0.717, 1.165) is 11.7 Å². The first kappa shape index (κ1) is 17.9. The summed E-state index contributed by atoms with van der Waals surface area (Å²) in [5.74, 6) is -0.208. The zero-order valence-electron chi connectivity index (χ0n) is 14.0. The van der Waals surface area contributed by atoms with Crippen LogP contribution in [0.4, 0.5) is 0 Å².